The van der Waals surface area contributed by atoms with Crippen LogP contribution in [0.25, 0.3) is 0 Å². The number of ether oxygens (including phenoxy) is 5. The molecule has 7 rings (SSSR count). The number of hydrogen-bond acceptors (Lipinski definition) is 9. The quantitative estimate of drug-likeness (QED) is 0.250. The highest BCUT2D eigenvalue weighted by atomic mass is 19.3. The molecule has 2 N–H and O–H groups in total. The fourth-order valence-corrected chi connectivity index (χ4v) is 6.31. The Labute approximate surface area is 280 Å². The maximum absolute atomic E-state index is 14.0. The number of alkyl halides is 2. The molecule has 0 saturated carbocycles. The Bertz CT molecular complexity index is 1890. The van der Waals surface area contributed by atoms with Crippen LogP contribution in [0, 0.1) is 0 Å². The number of carbonyl (C=O) groups is 2. The number of fused-ring (bicyclic) bond motifs is 3. The molecule has 0 bridgehead atoms. The van der Waals surface area contributed by atoms with E-state index in [1.54, 1.807) is 36.1 Å². The summed E-state index contributed by atoms with van der Waals surface area (Å²) >= 11 is 0. The van der Waals surface area contributed by atoms with Crippen LogP contribution in [0.3, 0.4) is 0 Å². The van der Waals surface area contributed by atoms with E-state index in [0.29, 0.717) is 46.8 Å². The monoisotopic (exact) mass is 673 g/mol. The zero-order valence-corrected chi connectivity index (χ0v) is 26.7. The molecule has 3 aromatic carbocycles. The molecule has 4 aromatic rings. The molecule has 0 radical (unpaired) electrons. The lowest BCUT2D eigenvalue weighted by Gasteiger charge is -2.34. The lowest BCUT2D eigenvalue weighted by atomic mass is 9.82. The minimum absolute atomic E-state index is 0.0236. The highest BCUT2D eigenvalue weighted by molar-refractivity contribution is 5.94. The van der Waals surface area contributed by atoms with Crippen LogP contribution in [0.5, 0.6) is 28.7 Å². The predicted octanol–water partition coefficient (Wildman–Crippen LogP) is 5.08. The normalized spacial score (nSPS) is 21.1. The summed E-state index contributed by atoms with van der Waals surface area (Å²) in [6.07, 6.45) is -2.64. The fraction of sp³-hybridized carbons (Fsp3) is 0.306. The van der Waals surface area contributed by atoms with E-state index in [-0.39, 0.29) is 48.8 Å². The molecule has 3 aliphatic rings. The van der Waals surface area contributed by atoms with Crippen LogP contribution in [0.2, 0.25) is 0 Å². The number of amides is 2. The molecule has 0 saturated heterocycles. The molecule has 0 aliphatic carbocycles. The number of rotatable bonds is 9. The van der Waals surface area contributed by atoms with Crippen LogP contribution in [0.1, 0.15) is 58.2 Å². The predicted molar refractivity (Wildman–Crippen MR) is 170 cm³/mol. The van der Waals surface area contributed by atoms with Gasteiger partial charge in [-0.05, 0) is 42.8 Å². The first-order valence-electron chi connectivity index (χ1n) is 15.7. The average molecular weight is 674 g/mol. The van der Waals surface area contributed by atoms with Gasteiger partial charge in [-0.2, -0.15) is 0 Å². The van der Waals surface area contributed by atoms with E-state index in [1.807, 2.05) is 36.4 Å². The minimum atomic E-state index is -3.81. The van der Waals surface area contributed by atoms with Gasteiger partial charge in [-0.15, -0.1) is 8.78 Å². The van der Waals surface area contributed by atoms with E-state index in [4.69, 9.17) is 14.2 Å². The Balaban J connectivity index is 1.12. The summed E-state index contributed by atoms with van der Waals surface area (Å²) in [4.78, 5) is 33.5. The summed E-state index contributed by atoms with van der Waals surface area (Å²) in [6.45, 7) is 1.95. The summed E-state index contributed by atoms with van der Waals surface area (Å²) in [5.74, 6) is 0.289. The van der Waals surface area contributed by atoms with Gasteiger partial charge in [0.05, 0.1) is 31.0 Å². The smallest absolute Gasteiger partial charge is 0.497 e. The van der Waals surface area contributed by atoms with E-state index in [2.05, 4.69) is 19.8 Å². The van der Waals surface area contributed by atoms with Gasteiger partial charge in [0.25, 0.3) is 5.91 Å². The first-order valence-corrected chi connectivity index (χ1v) is 15.7. The topological polar surface area (TPSA) is 129 Å². The Kier molecular flexibility index (Phi) is 8.23. The molecule has 13 heteroatoms. The third kappa shape index (κ3) is 6.17. The van der Waals surface area contributed by atoms with Gasteiger partial charge >= 0.3 is 6.29 Å². The van der Waals surface area contributed by atoms with Crippen LogP contribution < -0.4 is 29.0 Å². The number of methoxy groups -OCH3 is 1. The molecule has 49 heavy (non-hydrogen) atoms. The first-order chi connectivity index (χ1) is 23.6. The molecule has 11 nitrogen and oxygen atoms in total. The molecule has 2 amide bonds. The van der Waals surface area contributed by atoms with Crippen molar-refractivity contribution in [3.63, 3.8) is 0 Å². The Morgan fingerprint density at radius 1 is 1.02 bits per heavy atom. The summed E-state index contributed by atoms with van der Waals surface area (Å²) in [5.41, 5.74) is 1.70. The van der Waals surface area contributed by atoms with E-state index in [1.165, 1.54) is 25.4 Å². The lowest BCUT2D eigenvalue weighted by molar-refractivity contribution is -0.286. The van der Waals surface area contributed by atoms with Crippen LogP contribution in [0.15, 0.2) is 79.0 Å². The highest BCUT2D eigenvalue weighted by Gasteiger charge is 2.49. The third-order valence-corrected chi connectivity index (χ3v) is 8.97. The number of hydrogen-bond donors (Lipinski definition) is 2. The van der Waals surface area contributed by atoms with E-state index in [9.17, 15) is 23.5 Å². The van der Waals surface area contributed by atoms with Gasteiger partial charge in [-0.1, -0.05) is 30.3 Å². The third-order valence-electron chi connectivity index (χ3n) is 8.97. The molecule has 0 spiro atoms. The van der Waals surface area contributed by atoms with Gasteiger partial charge in [0, 0.05) is 49.0 Å². The van der Waals surface area contributed by atoms with Crippen molar-refractivity contribution in [2.24, 2.45) is 0 Å². The number of carbonyl (C=O) groups excluding carboxylic acids is 2. The van der Waals surface area contributed by atoms with E-state index in [0.717, 1.165) is 5.56 Å². The number of pyridine rings is 1. The van der Waals surface area contributed by atoms with E-state index >= 15 is 0 Å². The zero-order chi connectivity index (χ0) is 34.3. The molecule has 3 aliphatic heterocycles. The van der Waals surface area contributed by atoms with Gasteiger partial charge in [0.15, 0.2) is 11.5 Å². The van der Waals surface area contributed by atoms with Gasteiger partial charge in [-0.3, -0.25) is 14.6 Å². The SMILES string of the molecule is COc1ccc2c(c1)O[C@@H](c1ccc(C(=O)N(CCO)Cc3ccccc3)cn1)C[C@H]2NC(=O)[C@@]1(C)COc2cc3c(cc21)OC(F)(F)O3. The number of aliphatic hydroxyl groups is 1. The number of aliphatic hydroxyl groups excluding tert-OH is 1. The van der Waals surface area contributed by atoms with Crippen LogP contribution >= 0.6 is 0 Å². The van der Waals surface area contributed by atoms with Crippen molar-refractivity contribution in [3.05, 3.63) is 107 Å². The zero-order valence-electron chi connectivity index (χ0n) is 26.7. The van der Waals surface area contributed by atoms with Crippen molar-refractivity contribution < 1.29 is 47.2 Å². The van der Waals surface area contributed by atoms with Gasteiger partial charge in [0.2, 0.25) is 5.91 Å². The van der Waals surface area contributed by atoms with Crippen molar-refractivity contribution >= 4 is 11.8 Å². The van der Waals surface area contributed by atoms with Crippen molar-refractivity contribution in [3.8, 4) is 28.7 Å². The van der Waals surface area contributed by atoms with Crippen LogP contribution in [-0.4, -0.2) is 60.0 Å². The molecule has 4 heterocycles. The molecule has 0 fully saturated rings. The van der Waals surface area contributed by atoms with Gasteiger partial charge in [-0.25, -0.2) is 0 Å². The summed E-state index contributed by atoms with van der Waals surface area (Å²) in [7, 11) is 1.54. The average Bonchev–Trinajstić information content (AvgIpc) is 3.60. The van der Waals surface area contributed by atoms with Crippen LogP contribution in [-0.2, 0) is 16.8 Å². The highest BCUT2D eigenvalue weighted by Crippen LogP contribution is 2.50. The maximum atomic E-state index is 14.0. The summed E-state index contributed by atoms with van der Waals surface area (Å²) < 4.78 is 54.2. The lowest BCUT2D eigenvalue weighted by Crippen LogP contribution is -2.46. The second-order valence-corrected chi connectivity index (χ2v) is 12.3. The maximum Gasteiger partial charge on any atom is 0.586 e. The summed E-state index contributed by atoms with van der Waals surface area (Å²) in [5, 5.41) is 12.7. The summed E-state index contributed by atoms with van der Waals surface area (Å²) in [6, 6.07) is 20.3. The van der Waals surface area contributed by atoms with Crippen molar-refractivity contribution in [1.29, 1.82) is 0 Å². The fourth-order valence-electron chi connectivity index (χ4n) is 6.31. The Morgan fingerprint density at radius 2 is 1.80 bits per heavy atom. The largest absolute Gasteiger partial charge is 0.586 e. The molecular weight excluding hydrogens is 640 g/mol. The molecule has 254 valence electrons. The first kappa shape index (κ1) is 32.1. The molecule has 1 aromatic heterocycles. The number of aromatic nitrogens is 1. The molecular formula is C36H33F2N3O8. The van der Waals surface area contributed by atoms with Crippen molar-refractivity contribution in [2.75, 3.05) is 26.9 Å². The second kappa shape index (κ2) is 12.5. The Hall–Kier alpha value is -5.43. The van der Waals surface area contributed by atoms with Gasteiger partial charge in [0.1, 0.15) is 35.4 Å². The number of benzene rings is 3. The number of halogens is 2. The molecule has 3 atom stereocenters. The van der Waals surface area contributed by atoms with Crippen LogP contribution in [0.4, 0.5) is 8.78 Å². The second-order valence-electron chi connectivity index (χ2n) is 12.3. The Morgan fingerprint density at radius 3 is 2.51 bits per heavy atom. The molecule has 0 unspecified atom stereocenters. The minimum Gasteiger partial charge on any atom is -0.497 e. The number of nitrogens with one attached hydrogen (secondary N) is 1. The number of nitrogens with zero attached hydrogens (tertiary/aromatic N) is 2. The van der Waals surface area contributed by atoms with Crippen molar-refractivity contribution in [2.45, 2.75) is 43.7 Å². The van der Waals surface area contributed by atoms with Crippen molar-refractivity contribution in [1.82, 2.24) is 15.2 Å². The standard InChI is InChI=1S/C36H33F2N3O8/c1-35(20-46-29-17-32-31(15-25(29)35)48-36(37,38)49-32)34(44)40-27-16-30(47-28-14-23(45-2)9-10-24(27)28)26-11-8-22(18-39-26)33(43)41(12-13-42)19-21-6-4-3-5-7-21/h3-11,14-15,17-18,27,30,42H,12-13,16,19-20H2,1-2H3,(H,40,44)/t27-,30-,35+/m1/s1. The van der Waals surface area contributed by atoms with Gasteiger partial charge < -0.3 is 39.0 Å². The van der Waals surface area contributed by atoms with E-state index < -0.39 is 23.9 Å².